The van der Waals surface area contributed by atoms with Crippen molar-refractivity contribution < 1.29 is 9.90 Å². The summed E-state index contributed by atoms with van der Waals surface area (Å²) in [6, 6.07) is 7.55. The largest absolute Gasteiger partial charge is 0.507 e. The Labute approximate surface area is 127 Å². The number of nitrogens with zero attached hydrogens (tertiary/aromatic N) is 3. The number of guanidine groups is 1. The Hall–Kier alpha value is -3.40. The van der Waals surface area contributed by atoms with E-state index in [1.807, 2.05) is 0 Å². The predicted octanol–water partition coefficient (Wildman–Crippen LogP) is 1.58. The van der Waals surface area contributed by atoms with Gasteiger partial charge >= 0.3 is 0 Å². The molecule has 7 nitrogen and oxygen atoms in total. The van der Waals surface area contributed by atoms with Crippen LogP contribution in [-0.4, -0.2) is 22.0 Å². The molecular formula is C15H13N5O2. The van der Waals surface area contributed by atoms with Crippen LogP contribution in [0, 0.1) is 6.57 Å². The number of carbonyl (C=O) groups excluding carboxylic acids is 1. The molecule has 1 amide bonds. The first-order chi connectivity index (χ1) is 10.6. The first-order valence-electron chi connectivity index (χ1n) is 6.31. The van der Waals surface area contributed by atoms with Crippen LogP contribution < -0.4 is 11.1 Å². The van der Waals surface area contributed by atoms with Crippen LogP contribution in [0.3, 0.4) is 0 Å². The molecule has 2 aromatic rings. The Morgan fingerprint density at radius 2 is 2.09 bits per heavy atom. The second-order valence-electron chi connectivity index (χ2n) is 4.32. The van der Waals surface area contributed by atoms with Crippen LogP contribution in [0.25, 0.3) is 4.85 Å². The highest BCUT2D eigenvalue weighted by Gasteiger charge is 2.12. The number of hydrogen-bond donors (Lipinski definition) is 3. The van der Waals surface area contributed by atoms with Gasteiger partial charge in [-0.25, -0.2) is 9.84 Å². The van der Waals surface area contributed by atoms with Gasteiger partial charge in [0.15, 0.2) is 11.6 Å². The maximum atomic E-state index is 12.0. The summed E-state index contributed by atoms with van der Waals surface area (Å²) < 4.78 is 0. The summed E-state index contributed by atoms with van der Waals surface area (Å²) in [6.07, 6.45) is 3.26. The maximum absolute atomic E-state index is 12.0. The molecule has 2 rings (SSSR count). The summed E-state index contributed by atoms with van der Waals surface area (Å²) >= 11 is 0. The molecule has 1 heterocycles. The number of rotatable bonds is 3. The smallest absolute Gasteiger partial charge is 0.260 e. The van der Waals surface area contributed by atoms with Gasteiger partial charge in [-0.1, -0.05) is 6.07 Å². The lowest BCUT2D eigenvalue weighted by atomic mass is 10.1. The molecule has 1 aromatic carbocycles. The molecule has 0 aliphatic rings. The second-order valence-corrected chi connectivity index (χ2v) is 4.32. The summed E-state index contributed by atoms with van der Waals surface area (Å²) in [5.74, 6) is -0.930. The molecule has 0 spiro atoms. The molecule has 110 valence electrons. The average Bonchev–Trinajstić information content (AvgIpc) is 2.54. The van der Waals surface area contributed by atoms with Crippen molar-refractivity contribution in [2.24, 2.45) is 10.7 Å². The zero-order valence-electron chi connectivity index (χ0n) is 11.5. The molecule has 0 bridgehead atoms. The lowest BCUT2D eigenvalue weighted by Crippen LogP contribution is -2.36. The molecule has 0 atom stereocenters. The van der Waals surface area contributed by atoms with Gasteiger partial charge in [-0.3, -0.25) is 15.1 Å². The van der Waals surface area contributed by atoms with E-state index < -0.39 is 5.91 Å². The fourth-order valence-corrected chi connectivity index (χ4v) is 1.66. The molecule has 7 heteroatoms. The summed E-state index contributed by atoms with van der Waals surface area (Å²) in [4.78, 5) is 23.1. The summed E-state index contributed by atoms with van der Waals surface area (Å²) in [5, 5.41) is 12.0. The van der Waals surface area contributed by atoms with Crippen molar-refractivity contribution in [2.45, 2.75) is 6.54 Å². The molecule has 0 fully saturated rings. The Balaban J connectivity index is 2.07. The topological polar surface area (TPSA) is 105 Å². The van der Waals surface area contributed by atoms with Gasteiger partial charge in [-0.05, 0) is 29.8 Å². The molecule has 22 heavy (non-hydrogen) atoms. The fourth-order valence-electron chi connectivity index (χ4n) is 1.66. The predicted molar refractivity (Wildman–Crippen MR) is 81.4 cm³/mol. The molecule has 0 aliphatic carbocycles. The summed E-state index contributed by atoms with van der Waals surface area (Å²) in [7, 11) is 0. The highest BCUT2D eigenvalue weighted by atomic mass is 16.3. The molecular weight excluding hydrogens is 282 g/mol. The number of aromatic hydroxyl groups is 1. The summed E-state index contributed by atoms with van der Waals surface area (Å²) in [6.45, 7) is 7.21. The maximum Gasteiger partial charge on any atom is 0.260 e. The Kier molecular flexibility index (Phi) is 4.67. The number of phenolic OH excluding ortho intramolecular Hbond substituents is 1. The van der Waals surface area contributed by atoms with Crippen LogP contribution >= 0.6 is 0 Å². The zero-order chi connectivity index (χ0) is 15.9. The number of nitrogens with one attached hydrogen (secondary N) is 1. The number of phenols is 1. The number of pyridine rings is 1. The van der Waals surface area contributed by atoms with Crippen LogP contribution in [0.1, 0.15) is 15.9 Å². The van der Waals surface area contributed by atoms with E-state index in [2.05, 4.69) is 20.1 Å². The summed E-state index contributed by atoms with van der Waals surface area (Å²) in [5.41, 5.74) is 6.75. The van der Waals surface area contributed by atoms with E-state index in [0.717, 1.165) is 5.56 Å². The normalized spacial score (nSPS) is 10.8. The third-order valence-corrected chi connectivity index (χ3v) is 2.78. The van der Waals surface area contributed by atoms with Gasteiger partial charge in [-0.15, -0.1) is 0 Å². The van der Waals surface area contributed by atoms with E-state index in [4.69, 9.17) is 12.3 Å². The molecule has 0 unspecified atom stereocenters. The minimum absolute atomic E-state index is 0.0319. The van der Waals surface area contributed by atoms with Crippen LogP contribution in [0.5, 0.6) is 5.75 Å². The van der Waals surface area contributed by atoms with E-state index >= 15 is 0 Å². The van der Waals surface area contributed by atoms with Gasteiger partial charge in [-0.2, -0.15) is 0 Å². The third kappa shape index (κ3) is 3.80. The van der Waals surface area contributed by atoms with Gasteiger partial charge in [0.05, 0.1) is 18.7 Å². The Morgan fingerprint density at radius 3 is 2.77 bits per heavy atom. The second kappa shape index (κ2) is 6.85. The van der Waals surface area contributed by atoms with Gasteiger partial charge in [0.25, 0.3) is 5.91 Å². The number of hydrogen-bond acceptors (Lipinski definition) is 4. The molecule has 4 N–H and O–H groups in total. The Bertz CT molecular complexity index is 750. The average molecular weight is 295 g/mol. The molecule has 1 aromatic heterocycles. The fraction of sp³-hybridized carbons (Fsp3) is 0.0667. The number of benzene rings is 1. The van der Waals surface area contributed by atoms with E-state index in [-0.39, 0.29) is 23.0 Å². The van der Waals surface area contributed by atoms with Crippen molar-refractivity contribution in [3.05, 3.63) is 65.3 Å². The lowest BCUT2D eigenvalue weighted by molar-refractivity contribution is 0.0974. The van der Waals surface area contributed by atoms with Gasteiger partial charge in [0.1, 0.15) is 5.75 Å². The lowest BCUT2D eigenvalue weighted by Gasteiger charge is -2.07. The number of aliphatic imine (C=N–C) groups is 1. The first kappa shape index (κ1) is 15.0. The minimum Gasteiger partial charge on any atom is -0.507 e. The monoisotopic (exact) mass is 295 g/mol. The van der Waals surface area contributed by atoms with Crippen LogP contribution in [0.2, 0.25) is 0 Å². The van der Waals surface area contributed by atoms with Crippen LogP contribution in [0.15, 0.2) is 47.7 Å². The molecule has 0 saturated heterocycles. The Morgan fingerprint density at radius 1 is 1.36 bits per heavy atom. The number of carbonyl (C=O) groups is 1. The van der Waals surface area contributed by atoms with Gasteiger partial charge in [0.2, 0.25) is 0 Å². The quantitative estimate of drug-likeness (QED) is 0.454. The number of nitrogens with two attached hydrogens (primary N) is 1. The molecule has 0 aliphatic heterocycles. The van der Waals surface area contributed by atoms with Crippen molar-refractivity contribution >= 4 is 17.6 Å². The number of aromatic nitrogens is 1. The molecule has 0 saturated carbocycles. The van der Waals surface area contributed by atoms with Crippen molar-refractivity contribution in [3.63, 3.8) is 0 Å². The number of amides is 1. The van der Waals surface area contributed by atoms with E-state index in [1.165, 1.54) is 18.2 Å². The third-order valence-electron chi connectivity index (χ3n) is 2.78. The molecule has 0 radical (unpaired) electrons. The highest BCUT2D eigenvalue weighted by Crippen LogP contribution is 2.23. The minimum atomic E-state index is -0.626. The highest BCUT2D eigenvalue weighted by molar-refractivity contribution is 6.07. The van der Waals surface area contributed by atoms with E-state index in [0.29, 0.717) is 6.54 Å². The van der Waals surface area contributed by atoms with Crippen molar-refractivity contribution in [2.75, 3.05) is 0 Å². The standard InChI is InChI=1S/C15H13N5O2/c1-17-11-2-3-13(21)12(8-11)14(22)20-15(16)19-9-10-4-6-18-7-5-10/h2-8,21H,9H2,(H3,16,19,20,22). The van der Waals surface area contributed by atoms with E-state index in [1.54, 1.807) is 24.5 Å². The first-order valence-corrected chi connectivity index (χ1v) is 6.31. The SMILES string of the molecule is [C-]#[N+]c1ccc(O)c(C(=O)NC(N)=NCc2ccncc2)c1. The van der Waals surface area contributed by atoms with Crippen LogP contribution in [-0.2, 0) is 6.54 Å². The van der Waals surface area contributed by atoms with Crippen molar-refractivity contribution in [1.29, 1.82) is 0 Å². The van der Waals surface area contributed by atoms with Gasteiger partial charge in [0, 0.05) is 12.4 Å². The van der Waals surface area contributed by atoms with Crippen LogP contribution in [0.4, 0.5) is 5.69 Å². The zero-order valence-corrected chi connectivity index (χ0v) is 11.5. The van der Waals surface area contributed by atoms with Crippen molar-refractivity contribution in [1.82, 2.24) is 10.3 Å². The van der Waals surface area contributed by atoms with Crippen molar-refractivity contribution in [3.8, 4) is 5.75 Å². The van der Waals surface area contributed by atoms with E-state index in [9.17, 15) is 9.90 Å². The van der Waals surface area contributed by atoms with Gasteiger partial charge < -0.3 is 10.8 Å².